The minimum absolute atomic E-state index is 0.335. The van der Waals surface area contributed by atoms with Crippen LogP contribution in [0.1, 0.15) is 37.7 Å². The molecule has 0 saturated heterocycles. The van der Waals surface area contributed by atoms with E-state index in [2.05, 4.69) is 11.1 Å². The molecule has 1 fully saturated rings. The highest BCUT2D eigenvalue weighted by atomic mass is 32.2. The van der Waals surface area contributed by atoms with Gasteiger partial charge >= 0.3 is 0 Å². The Kier molecular flexibility index (Phi) is 4.91. The SMILES string of the molecule is O=C(CSC1CCCCC1)Cc1ccnc2ccccc12. The van der Waals surface area contributed by atoms with Crippen LogP contribution in [0.15, 0.2) is 36.5 Å². The highest BCUT2D eigenvalue weighted by Crippen LogP contribution is 2.28. The van der Waals surface area contributed by atoms with Gasteiger partial charge in [-0.1, -0.05) is 37.5 Å². The number of fused-ring (bicyclic) bond motifs is 1. The smallest absolute Gasteiger partial charge is 0.147 e. The third-order valence-corrected chi connectivity index (χ3v) is 5.59. The summed E-state index contributed by atoms with van der Waals surface area (Å²) >= 11 is 1.86. The van der Waals surface area contributed by atoms with Gasteiger partial charge in [-0.05, 0) is 30.5 Å². The second-order valence-corrected chi connectivity index (χ2v) is 7.06. The molecule has 3 rings (SSSR count). The molecule has 110 valence electrons. The van der Waals surface area contributed by atoms with Crippen LogP contribution in [-0.4, -0.2) is 21.8 Å². The van der Waals surface area contributed by atoms with Crippen LogP contribution < -0.4 is 0 Å². The number of para-hydroxylation sites is 1. The van der Waals surface area contributed by atoms with Crippen molar-refractivity contribution in [1.29, 1.82) is 0 Å². The van der Waals surface area contributed by atoms with Crippen molar-refractivity contribution >= 4 is 28.4 Å². The lowest BCUT2D eigenvalue weighted by atomic mass is 10.0. The summed E-state index contributed by atoms with van der Waals surface area (Å²) in [5.74, 6) is 0.989. The minimum Gasteiger partial charge on any atom is -0.298 e. The van der Waals surface area contributed by atoms with Crippen molar-refractivity contribution in [3.63, 3.8) is 0 Å². The van der Waals surface area contributed by atoms with Gasteiger partial charge in [0.25, 0.3) is 0 Å². The van der Waals surface area contributed by atoms with E-state index in [-0.39, 0.29) is 0 Å². The zero-order chi connectivity index (χ0) is 14.5. The maximum Gasteiger partial charge on any atom is 0.147 e. The zero-order valence-corrected chi connectivity index (χ0v) is 13.1. The van der Waals surface area contributed by atoms with Crippen LogP contribution >= 0.6 is 11.8 Å². The van der Waals surface area contributed by atoms with Gasteiger partial charge < -0.3 is 0 Å². The van der Waals surface area contributed by atoms with Gasteiger partial charge in [-0.15, -0.1) is 0 Å². The van der Waals surface area contributed by atoms with Crippen molar-refractivity contribution in [3.05, 3.63) is 42.1 Å². The lowest BCUT2D eigenvalue weighted by molar-refractivity contribution is -0.115. The number of rotatable bonds is 5. The average Bonchev–Trinajstić information content (AvgIpc) is 2.54. The third kappa shape index (κ3) is 3.85. The Balaban J connectivity index is 1.61. The molecule has 1 aliphatic carbocycles. The van der Waals surface area contributed by atoms with Gasteiger partial charge in [-0.2, -0.15) is 11.8 Å². The molecule has 0 atom stereocenters. The van der Waals surface area contributed by atoms with E-state index in [1.165, 1.54) is 32.1 Å². The molecule has 0 amide bonds. The first-order valence-electron chi connectivity index (χ1n) is 7.79. The molecule has 1 aromatic heterocycles. The number of hydrogen-bond donors (Lipinski definition) is 0. The van der Waals surface area contributed by atoms with Gasteiger partial charge in [0.15, 0.2) is 0 Å². The molecular weight excluding hydrogens is 278 g/mol. The highest BCUT2D eigenvalue weighted by Gasteiger charge is 2.15. The molecule has 2 aromatic rings. The van der Waals surface area contributed by atoms with Gasteiger partial charge in [0.1, 0.15) is 5.78 Å². The van der Waals surface area contributed by atoms with Gasteiger partial charge in [0.2, 0.25) is 0 Å². The van der Waals surface area contributed by atoms with E-state index < -0.39 is 0 Å². The third-order valence-electron chi connectivity index (χ3n) is 4.16. The molecule has 1 heterocycles. The summed E-state index contributed by atoms with van der Waals surface area (Å²) in [7, 11) is 0. The summed E-state index contributed by atoms with van der Waals surface area (Å²) in [6, 6.07) is 10.0. The van der Waals surface area contributed by atoms with Crippen LogP contribution in [0.3, 0.4) is 0 Å². The summed E-state index contributed by atoms with van der Waals surface area (Å²) in [4.78, 5) is 16.6. The standard InChI is InChI=1S/C18H21NOS/c20-15(13-21-16-6-2-1-3-7-16)12-14-10-11-19-18-9-5-4-8-17(14)18/h4-5,8-11,16H,1-3,6-7,12-13H2. The Morgan fingerprint density at radius 2 is 1.95 bits per heavy atom. The predicted octanol–water partition coefficient (Wildman–Crippen LogP) is 4.41. The predicted molar refractivity (Wildman–Crippen MR) is 89.8 cm³/mol. The number of aromatic nitrogens is 1. The zero-order valence-electron chi connectivity index (χ0n) is 12.3. The highest BCUT2D eigenvalue weighted by molar-refractivity contribution is 8.00. The summed E-state index contributed by atoms with van der Waals surface area (Å²) in [6.45, 7) is 0. The van der Waals surface area contributed by atoms with E-state index in [1.54, 1.807) is 6.20 Å². The number of nitrogens with zero attached hydrogens (tertiary/aromatic N) is 1. The van der Waals surface area contributed by atoms with Crippen molar-refractivity contribution < 1.29 is 4.79 Å². The van der Waals surface area contributed by atoms with Crippen molar-refractivity contribution in [2.45, 2.75) is 43.8 Å². The maximum absolute atomic E-state index is 12.3. The molecule has 0 radical (unpaired) electrons. The molecule has 2 nitrogen and oxygen atoms in total. The molecule has 1 aliphatic rings. The fourth-order valence-corrected chi connectivity index (χ4v) is 4.21. The number of carbonyl (C=O) groups is 1. The van der Waals surface area contributed by atoms with E-state index in [0.717, 1.165) is 16.5 Å². The van der Waals surface area contributed by atoms with Crippen molar-refractivity contribution in [3.8, 4) is 0 Å². The Hall–Kier alpha value is -1.35. The van der Waals surface area contributed by atoms with E-state index in [1.807, 2.05) is 36.0 Å². The first kappa shape index (κ1) is 14.6. The number of pyridine rings is 1. The number of hydrogen-bond acceptors (Lipinski definition) is 3. The first-order valence-corrected chi connectivity index (χ1v) is 8.84. The second kappa shape index (κ2) is 7.08. The van der Waals surface area contributed by atoms with Crippen LogP contribution in [0.4, 0.5) is 0 Å². The fraction of sp³-hybridized carbons (Fsp3) is 0.444. The Morgan fingerprint density at radius 1 is 1.14 bits per heavy atom. The fourth-order valence-electron chi connectivity index (χ4n) is 3.02. The lowest BCUT2D eigenvalue weighted by Crippen LogP contribution is -2.13. The molecule has 3 heteroatoms. The van der Waals surface area contributed by atoms with Crippen molar-refractivity contribution in [2.24, 2.45) is 0 Å². The maximum atomic E-state index is 12.3. The van der Waals surface area contributed by atoms with Crippen molar-refractivity contribution in [2.75, 3.05) is 5.75 Å². The Bertz CT molecular complexity index is 614. The van der Waals surface area contributed by atoms with E-state index in [0.29, 0.717) is 23.2 Å². The first-order chi connectivity index (χ1) is 10.3. The summed E-state index contributed by atoms with van der Waals surface area (Å²) < 4.78 is 0. The van der Waals surface area contributed by atoms with Crippen molar-refractivity contribution in [1.82, 2.24) is 4.98 Å². The van der Waals surface area contributed by atoms with E-state index >= 15 is 0 Å². The summed E-state index contributed by atoms with van der Waals surface area (Å²) in [5.41, 5.74) is 2.08. The number of benzene rings is 1. The second-order valence-electron chi connectivity index (χ2n) is 5.77. The quantitative estimate of drug-likeness (QED) is 0.819. The molecule has 1 saturated carbocycles. The Morgan fingerprint density at radius 3 is 2.81 bits per heavy atom. The topological polar surface area (TPSA) is 30.0 Å². The molecule has 21 heavy (non-hydrogen) atoms. The summed E-state index contributed by atoms with van der Waals surface area (Å²) in [5, 5.41) is 1.81. The van der Waals surface area contributed by atoms with Gasteiger partial charge in [-0.3, -0.25) is 9.78 Å². The minimum atomic E-state index is 0.335. The van der Waals surface area contributed by atoms with Crippen LogP contribution in [0.25, 0.3) is 10.9 Å². The lowest BCUT2D eigenvalue weighted by Gasteiger charge is -2.20. The molecule has 0 spiro atoms. The van der Waals surface area contributed by atoms with Gasteiger partial charge in [0.05, 0.1) is 11.3 Å². The van der Waals surface area contributed by atoms with Gasteiger partial charge in [0, 0.05) is 23.3 Å². The van der Waals surface area contributed by atoms with E-state index in [9.17, 15) is 4.79 Å². The monoisotopic (exact) mass is 299 g/mol. The Labute approximate surface area is 130 Å². The van der Waals surface area contributed by atoms with Crippen LogP contribution in [0.5, 0.6) is 0 Å². The largest absolute Gasteiger partial charge is 0.298 e. The number of carbonyl (C=O) groups excluding carboxylic acids is 1. The van der Waals surface area contributed by atoms with Gasteiger partial charge in [-0.25, -0.2) is 0 Å². The normalized spacial score (nSPS) is 16.2. The molecular formula is C18H21NOS. The van der Waals surface area contributed by atoms with E-state index in [4.69, 9.17) is 0 Å². The number of ketones is 1. The number of thioether (sulfide) groups is 1. The van der Waals surface area contributed by atoms with Crippen LogP contribution in [0, 0.1) is 0 Å². The van der Waals surface area contributed by atoms with Crippen LogP contribution in [0.2, 0.25) is 0 Å². The number of Topliss-reactive ketones (excluding diaryl/α,β-unsaturated/α-hetero) is 1. The molecule has 0 bridgehead atoms. The molecule has 0 aliphatic heterocycles. The van der Waals surface area contributed by atoms with Crippen LogP contribution in [-0.2, 0) is 11.2 Å². The average molecular weight is 299 g/mol. The molecule has 0 N–H and O–H groups in total. The summed E-state index contributed by atoms with van der Waals surface area (Å²) in [6.07, 6.45) is 8.95. The molecule has 0 unspecified atom stereocenters. The molecule has 1 aromatic carbocycles.